The summed E-state index contributed by atoms with van der Waals surface area (Å²) in [6.45, 7) is 4.21. The second-order valence-corrected chi connectivity index (χ2v) is 12.0. The first-order valence-electron chi connectivity index (χ1n) is 15.4. The molecule has 0 bridgehead atoms. The minimum atomic E-state index is -0.718. The van der Waals surface area contributed by atoms with E-state index in [1.54, 1.807) is 37.7 Å². The molecule has 10 heteroatoms. The van der Waals surface area contributed by atoms with Crippen LogP contribution in [-0.2, 0) is 16.1 Å². The molecule has 0 spiro atoms. The van der Waals surface area contributed by atoms with Gasteiger partial charge in [0.2, 0.25) is 0 Å². The molecule has 0 unspecified atom stereocenters. The number of fused-ring (bicyclic) bond motifs is 1. The summed E-state index contributed by atoms with van der Waals surface area (Å²) in [5.74, 6) is 0.580. The monoisotopic (exact) mass is 659 g/mol. The third-order valence-electron chi connectivity index (χ3n) is 7.76. The molecule has 1 aliphatic heterocycles. The zero-order valence-corrected chi connectivity index (χ0v) is 27.5. The lowest BCUT2D eigenvalue weighted by Gasteiger charge is -2.25. The van der Waals surface area contributed by atoms with Gasteiger partial charge in [-0.05, 0) is 85.1 Å². The van der Waals surface area contributed by atoms with Gasteiger partial charge in [0, 0.05) is 5.69 Å². The van der Waals surface area contributed by atoms with Crippen LogP contribution in [0.4, 0.5) is 5.69 Å². The van der Waals surface area contributed by atoms with Crippen LogP contribution >= 0.6 is 11.3 Å². The number of hydrogen-bond donors (Lipinski definition) is 1. The van der Waals surface area contributed by atoms with Gasteiger partial charge >= 0.3 is 5.97 Å². The van der Waals surface area contributed by atoms with Gasteiger partial charge in [-0.1, -0.05) is 65.9 Å². The normalized spacial score (nSPS) is 14.1. The van der Waals surface area contributed by atoms with Crippen LogP contribution in [0.3, 0.4) is 0 Å². The highest BCUT2D eigenvalue weighted by molar-refractivity contribution is 7.07. The van der Waals surface area contributed by atoms with Gasteiger partial charge in [-0.3, -0.25) is 14.2 Å². The van der Waals surface area contributed by atoms with Crippen molar-refractivity contribution < 1.29 is 23.8 Å². The molecule has 4 aromatic carbocycles. The van der Waals surface area contributed by atoms with Crippen molar-refractivity contribution in [3.05, 3.63) is 156 Å². The lowest BCUT2D eigenvalue weighted by atomic mass is 9.95. The number of anilines is 1. The third-order valence-corrected chi connectivity index (χ3v) is 8.74. The quantitative estimate of drug-likeness (QED) is 0.195. The standard InChI is InChI=1S/C38H33N3O6S/c1-4-46-37(44)27-17-13-26(14-18-27)23-47-30-19-15-25(16-20-30)21-32-36(43)41-34(28-9-8-12-31(22-28)45-3)33(24(2)39-38(41)48-32)35(42)40-29-10-6-5-7-11-29/h5-22,34H,4,23H2,1-3H3,(H,40,42)/b32-21-/t34-/m0/s1. The molecule has 0 saturated heterocycles. The molecule has 1 atom stereocenters. The molecule has 1 amide bonds. The number of rotatable bonds is 10. The maximum Gasteiger partial charge on any atom is 0.338 e. The number of hydrogen-bond acceptors (Lipinski definition) is 8. The second kappa shape index (κ2) is 14.4. The van der Waals surface area contributed by atoms with Crippen molar-refractivity contribution in [2.45, 2.75) is 26.5 Å². The van der Waals surface area contributed by atoms with Crippen LogP contribution in [0.1, 0.15) is 46.9 Å². The Kier molecular flexibility index (Phi) is 9.63. The topological polar surface area (TPSA) is 108 Å². The minimum Gasteiger partial charge on any atom is -0.497 e. The largest absolute Gasteiger partial charge is 0.497 e. The van der Waals surface area contributed by atoms with Gasteiger partial charge in [0.25, 0.3) is 11.5 Å². The molecule has 0 radical (unpaired) electrons. The maximum absolute atomic E-state index is 14.1. The van der Waals surface area contributed by atoms with Crippen molar-refractivity contribution in [2.75, 3.05) is 19.0 Å². The first-order valence-corrected chi connectivity index (χ1v) is 16.2. The highest BCUT2D eigenvalue weighted by atomic mass is 32.1. The van der Waals surface area contributed by atoms with Crippen LogP contribution in [0.2, 0.25) is 0 Å². The Balaban J connectivity index is 1.28. The summed E-state index contributed by atoms with van der Waals surface area (Å²) >= 11 is 1.27. The molecule has 0 saturated carbocycles. The van der Waals surface area contributed by atoms with E-state index >= 15 is 0 Å². The van der Waals surface area contributed by atoms with E-state index in [0.29, 0.717) is 56.6 Å². The predicted octanol–water partition coefficient (Wildman–Crippen LogP) is 5.64. The van der Waals surface area contributed by atoms with E-state index in [1.807, 2.05) is 97.1 Å². The lowest BCUT2D eigenvalue weighted by molar-refractivity contribution is -0.113. The fraction of sp³-hybridized carbons (Fsp3) is 0.158. The number of methoxy groups -OCH3 is 1. The van der Waals surface area contributed by atoms with E-state index in [2.05, 4.69) is 5.32 Å². The Morgan fingerprint density at radius 2 is 1.69 bits per heavy atom. The number of esters is 1. The van der Waals surface area contributed by atoms with Crippen molar-refractivity contribution in [3.8, 4) is 11.5 Å². The molecule has 1 aliphatic rings. The Labute approximate surface area is 281 Å². The first kappa shape index (κ1) is 32.2. The number of nitrogens with zero attached hydrogens (tertiary/aromatic N) is 2. The number of benzene rings is 4. The Morgan fingerprint density at radius 3 is 2.40 bits per heavy atom. The molecule has 0 aliphatic carbocycles. The van der Waals surface area contributed by atoms with Gasteiger partial charge < -0.3 is 19.5 Å². The zero-order chi connectivity index (χ0) is 33.6. The van der Waals surface area contributed by atoms with Crippen LogP contribution in [0.25, 0.3) is 6.08 Å². The predicted molar refractivity (Wildman–Crippen MR) is 185 cm³/mol. The Morgan fingerprint density at radius 1 is 0.938 bits per heavy atom. The number of aromatic nitrogens is 1. The highest BCUT2D eigenvalue weighted by Crippen LogP contribution is 2.32. The minimum absolute atomic E-state index is 0.254. The molecule has 5 aromatic rings. The van der Waals surface area contributed by atoms with Crippen molar-refractivity contribution in [2.24, 2.45) is 4.99 Å². The molecule has 9 nitrogen and oxygen atoms in total. The number of para-hydroxylation sites is 1. The van der Waals surface area contributed by atoms with Crippen LogP contribution in [-0.4, -0.2) is 30.2 Å². The number of amides is 1. The molecule has 0 fully saturated rings. The summed E-state index contributed by atoms with van der Waals surface area (Å²) in [6.07, 6.45) is 1.81. The highest BCUT2D eigenvalue weighted by Gasteiger charge is 2.32. The van der Waals surface area contributed by atoms with Crippen molar-refractivity contribution in [1.29, 1.82) is 0 Å². The summed E-state index contributed by atoms with van der Waals surface area (Å²) in [7, 11) is 1.58. The van der Waals surface area contributed by atoms with E-state index in [1.165, 1.54) is 11.3 Å². The van der Waals surface area contributed by atoms with Gasteiger partial charge in [-0.2, -0.15) is 0 Å². The smallest absolute Gasteiger partial charge is 0.338 e. The summed E-state index contributed by atoms with van der Waals surface area (Å²) in [4.78, 5) is 44.9. The number of allylic oxidation sites excluding steroid dienone is 1. The zero-order valence-electron chi connectivity index (χ0n) is 26.6. The van der Waals surface area contributed by atoms with Crippen LogP contribution in [0.5, 0.6) is 11.5 Å². The summed E-state index contributed by atoms with van der Waals surface area (Å²) in [5.41, 5.74) is 4.23. The van der Waals surface area contributed by atoms with Gasteiger partial charge in [-0.25, -0.2) is 9.79 Å². The molecule has 1 N–H and O–H groups in total. The third kappa shape index (κ3) is 6.98. The van der Waals surface area contributed by atoms with E-state index in [0.717, 1.165) is 16.7 Å². The molecule has 242 valence electrons. The molecule has 48 heavy (non-hydrogen) atoms. The van der Waals surface area contributed by atoms with E-state index in [-0.39, 0.29) is 17.4 Å². The molecular weight excluding hydrogens is 627 g/mol. The van der Waals surface area contributed by atoms with Crippen molar-refractivity contribution in [3.63, 3.8) is 0 Å². The molecule has 1 aromatic heterocycles. The van der Waals surface area contributed by atoms with E-state index in [4.69, 9.17) is 19.2 Å². The molecular formula is C38H33N3O6S. The van der Waals surface area contributed by atoms with Gasteiger partial charge in [-0.15, -0.1) is 0 Å². The van der Waals surface area contributed by atoms with Crippen LogP contribution in [0.15, 0.2) is 124 Å². The fourth-order valence-electron chi connectivity index (χ4n) is 5.39. The van der Waals surface area contributed by atoms with Gasteiger partial charge in [0.15, 0.2) is 4.80 Å². The molecule has 6 rings (SSSR count). The van der Waals surface area contributed by atoms with E-state index < -0.39 is 6.04 Å². The maximum atomic E-state index is 14.1. The lowest BCUT2D eigenvalue weighted by Crippen LogP contribution is -2.40. The molecule has 2 heterocycles. The van der Waals surface area contributed by atoms with Gasteiger partial charge in [0.1, 0.15) is 18.1 Å². The summed E-state index contributed by atoms with van der Waals surface area (Å²) < 4.78 is 18.5. The average molecular weight is 660 g/mol. The van der Waals surface area contributed by atoms with Crippen LogP contribution < -0.4 is 29.7 Å². The number of carbonyl (C=O) groups excluding carboxylic acids is 2. The summed E-state index contributed by atoms with van der Waals surface area (Å²) in [5, 5.41) is 2.97. The SMILES string of the molecule is CCOC(=O)c1ccc(COc2ccc(/C=c3\sc4n(c3=O)[C@@H](c3cccc(OC)c3)C(C(=O)Nc3ccccc3)=C(C)N=4)cc2)cc1. The fourth-order valence-corrected chi connectivity index (χ4v) is 6.44. The van der Waals surface area contributed by atoms with Crippen LogP contribution in [0, 0.1) is 0 Å². The van der Waals surface area contributed by atoms with Gasteiger partial charge in [0.05, 0.1) is 41.1 Å². The Bertz CT molecular complexity index is 2170. The summed E-state index contributed by atoms with van der Waals surface area (Å²) in [6, 6.07) is 30.4. The van der Waals surface area contributed by atoms with Crippen molar-refractivity contribution in [1.82, 2.24) is 4.57 Å². The second-order valence-electron chi connectivity index (χ2n) is 11.0. The Hall–Kier alpha value is -5.74. The number of carbonyl (C=O) groups is 2. The average Bonchev–Trinajstić information content (AvgIpc) is 3.41. The van der Waals surface area contributed by atoms with Crippen molar-refractivity contribution >= 4 is 35.0 Å². The number of nitrogens with one attached hydrogen (secondary N) is 1. The number of ether oxygens (including phenoxy) is 3. The first-order chi connectivity index (χ1) is 23.3. The van der Waals surface area contributed by atoms with E-state index in [9.17, 15) is 14.4 Å². The number of thiazole rings is 1.